The summed E-state index contributed by atoms with van der Waals surface area (Å²) in [6, 6.07) is 4.01. The number of fused-ring (bicyclic) bond motifs is 1. The van der Waals surface area contributed by atoms with Crippen LogP contribution in [0.15, 0.2) is 18.2 Å². The van der Waals surface area contributed by atoms with Gasteiger partial charge in [-0.3, -0.25) is 4.90 Å². The Hall–Kier alpha value is -1.21. The Morgan fingerprint density at radius 2 is 1.95 bits per heavy atom. The second-order valence-electron chi connectivity index (χ2n) is 4.46. The number of hydrogen-bond acceptors (Lipinski definition) is 5. The molecule has 0 saturated carbocycles. The third-order valence-electron chi connectivity index (χ3n) is 3.32. The average Bonchev–Trinajstić information content (AvgIpc) is 2.40. The molecule has 3 N–H and O–H groups in total. The highest BCUT2D eigenvalue weighted by molar-refractivity contribution is 5.39. The molecule has 0 fully saturated rings. The van der Waals surface area contributed by atoms with Crippen molar-refractivity contribution in [1.29, 1.82) is 0 Å². The molecule has 2 atom stereocenters. The molecule has 1 aliphatic rings. The van der Waals surface area contributed by atoms with Crippen molar-refractivity contribution in [2.75, 3.05) is 32.9 Å². The van der Waals surface area contributed by atoms with Crippen LogP contribution in [0.4, 0.5) is 4.39 Å². The van der Waals surface area contributed by atoms with Gasteiger partial charge in [-0.1, -0.05) is 12.1 Å². The standard InChI is InChI=1S/C13H18FNO4/c14-10-3-1-2-9-12(18)11(8-19-13(9)10)15(4-6-16)5-7-17/h1-3,11-12,16-18H,4-8H2. The molecule has 5 nitrogen and oxygen atoms in total. The minimum absolute atomic E-state index is 0.0826. The van der Waals surface area contributed by atoms with E-state index in [0.29, 0.717) is 18.7 Å². The van der Waals surface area contributed by atoms with Crippen molar-refractivity contribution in [2.45, 2.75) is 12.1 Å². The molecule has 0 spiro atoms. The maximum absolute atomic E-state index is 13.5. The normalized spacial score (nSPS) is 22.2. The van der Waals surface area contributed by atoms with Crippen LogP contribution in [0.5, 0.6) is 5.75 Å². The second-order valence-corrected chi connectivity index (χ2v) is 4.46. The van der Waals surface area contributed by atoms with Gasteiger partial charge in [-0.15, -0.1) is 0 Å². The van der Waals surface area contributed by atoms with Gasteiger partial charge in [-0.05, 0) is 6.07 Å². The highest BCUT2D eigenvalue weighted by Gasteiger charge is 2.34. The minimum Gasteiger partial charge on any atom is -0.488 e. The van der Waals surface area contributed by atoms with Gasteiger partial charge in [-0.2, -0.15) is 0 Å². The highest BCUT2D eigenvalue weighted by Crippen LogP contribution is 2.35. The lowest BCUT2D eigenvalue weighted by atomic mass is 9.97. The van der Waals surface area contributed by atoms with E-state index in [4.69, 9.17) is 14.9 Å². The lowest BCUT2D eigenvalue weighted by Gasteiger charge is -2.37. The predicted molar refractivity (Wildman–Crippen MR) is 66.4 cm³/mol. The van der Waals surface area contributed by atoms with E-state index in [0.717, 1.165) is 0 Å². The molecule has 0 bridgehead atoms. The van der Waals surface area contributed by atoms with E-state index in [1.54, 1.807) is 11.0 Å². The van der Waals surface area contributed by atoms with E-state index < -0.39 is 18.0 Å². The van der Waals surface area contributed by atoms with Crippen LogP contribution in [-0.4, -0.2) is 59.2 Å². The molecule has 1 aliphatic heterocycles. The number of para-hydroxylation sites is 1. The maximum atomic E-state index is 13.5. The van der Waals surface area contributed by atoms with Crippen LogP contribution in [0.3, 0.4) is 0 Å². The molecule has 0 saturated heterocycles. The Balaban J connectivity index is 2.22. The molecule has 1 heterocycles. The monoisotopic (exact) mass is 271 g/mol. The lowest BCUT2D eigenvalue weighted by molar-refractivity contribution is -0.0100. The van der Waals surface area contributed by atoms with Crippen molar-refractivity contribution >= 4 is 0 Å². The summed E-state index contributed by atoms with van der Waals surface area (Å²) in [5, 5.41) is 28.3. The average molecular weight is 271 g/mol. The molecule has 0 amide bonds. The van der Waals surface area contributed by atoms with Crippen molar-refractivity contribution < 1.29 is 24.4 Å². The van der Waals surface area contributed by atoms with Gasteiger partial charge in [0, 0.05) is 18.7 Å². The van der Waals surface area contributed by atoms with E-state index in [-0.39, 0.29) is 25.6 Å². The van der Waals surface area contributed by atoms with Crippen LogP contribution in [0, 0.1) is 5.82 Å². The van der Waals surface area contributed by atoms with E-state index in [1.807, 2.05) is 0 Å². The summed E-state index contributed by atoms with van der Waals surface area (Å²) >= 11 is 0. The molecule has 2 rings (SSSR count). The smallest absolute Gasteiger partial charge is 0.165 e. The van der Waals surface area contributed by atoms with Gasteiger partial charge in [0.2, 0.25) is 0 Å². The number of aliphatic hydroxyl groups is 3. The molecular formula is C13H18FNO4. The van der Waals surface area contributed by atoms with Crippen molar-refractivity contribution in [3.8, 4) is 5.75 Å². The Labute approximate surface area is 110 Å². The van der Waals surface area contributed by atoms with Crippen molar-refractivity contribution in [3.63, 3.8) is 0 Å². The number of ether oxygens (including phenoxy) is 1. The van der Waals surface area contributed by atoms with Gasteiger partial charge in [-0.25, -0.2) is 4.39 Å². The van der Waals surface area contributed by atoms with Gasteiger partial charge >= 0.3 is 0 Å². The van der Waals surface area contributed by atoms with Crippen LogP contribution >= 0.6 is 0 Å². The van der Waals surface area contributed by atoms with Crippen LogP contribution in [0.25, 0.3) is 0 Å². The zero-order valence-electron chi connectivity index (χ0n) is 10.5. The van der Waals surface area contributed by atoms with Crippen LogP contribution < -0.4 is 4.74 Å². The fraction of sp³-hybridized carbons (Fsp3) is 0.538. The van der Waals surface area contributed by atoms with E-state index in [1.165, 1.54) is 12.1 Å². The van der Waals surface area contributed by atoms with Gasteiger partial charge in [0.25, 0.3) is 0 Å². The van der Waals surface area contributed by atoms with E-state index in [2.05, 4.69) is 0 Å². The Kier molecular flexibility index (Phi) is 4.71. The van der Waals surface area contributed by atoms with Gasteiger partial charge in [0.15, 0.2) is 11.6 Å². The lowest BCUT2D eigenvalue weighted by Crippen LogP contribution is -2.48. The Morgan fingerprint density at radius 3 is 2.58 bits per heavy atom. The molecule has 1 aromatic rings. The fourth-order valence-corrected chi connectivity index (χ4v) is 2.38. The Morgan fingerprint density at radius 1 is 1.26 bits per heavy atom. The Bertz CT molecular complexity index is 423. The summed E-state index contributed by atoms with van der Waals surface area (Å²) in [5.41, 5.74) is 0.400. The molecule has 106 valence electrons. The van der Waals surface area contributed by atoms with Gasteiger partial charge < -0.3 is 20.1 Å². The molecule has 1 aromatic carbocycles. The van der Waals surface area contributed by atoms with Crippen molar-refractivity contribution in [2.24, 2.45) is 0 Å². The van der Waals surface area contributed by atoms with Crippen molar-refractivity contribution in [3.05, 3.63) is 29.6 Å². The van der Waals surface area contributed by atoms with Gasteiger partial charge in [0.1, 0.15) is 12.7 Å². The zero-order chi connectivity index (χ0) is 13.8. The third-order valence-corrected chi connectivity index (χ3v) is 3.32. The third kappa shape index (κ3) is 2.87. The first-order valence-corrected chi connectivity index (χ1v) is 6.24. The molecule has 0 radical (unpaired) electrons. The van der Waals surface area contributed by atoms with E-state index >= 15 is 0 Å². The number of nitrogens with zero attached hydrogens (tertiary/aromatic N) is 1. The first-order valence-electron chi connectivity index (χ1n) is 6.24. The summed E-state index contributed by atoms with van der Waals surface area (Å²) in [6.07, 6.45) is -0.905. The van der Waals surface area contributed by atoms with Crippen LogP contribution in [0.1, 0.15) is 11.7 Å². The minimum atomic E-state index is -0.905. The first-order chi connectivity index (χ1) is 9.19. The predicted octanol–water partition coefficient (Wildman–Crippen LogP) is -0.0933. The number of halogens is 1. The molecular weight excluding hydrogens is 253 g/mol. The van der Waals surface area contributed by atoms with Crippen LogP contribution in [-0.2, 0) is 0 Å². The molecule has 6 heteroatoms. The number of hydrogen-bond donors (Lipinski definition) is 3. The highest BCUT2D eigenvalue weighted by atomic mass is 19.1. The number of aliphatic hydroxyl groups excluding tert-OH is 3. The summed E-state index contributed by atoms with van der Waals surface area (Å²) < 4.78 is 18.9. The molecule has 19 heavy (non-hydrogen) atoms. The topological polar surface area (TPSA) is 73.2 Å². The van der Waals surface area contributed by atoms with E-state index in [9.17, 15) is 9.50 Å². The van der Waals surface area contributed by atoms with Gasteiger partial charge in [0.05, 0.1) is 19.3 Å². The fourth-order valence-electron chi connectivity index (χ4n) is 2.38. The van der Waals surface area contributed by atoms with Crippen LogP contribution in [0.2, 0.25) is 0 Å². The molecule has 2 unspecified atom stereocenters. The summed E-state index contributed by atoms with van der Waals surface area (Å²) in [5.74, 6) is -0.412. The second kappa shape index (κ2) is 6.29. The number of benzene rings is 1. The SMILES string of the molecule is OCCN(CCO)C1COc2c(F)cccc2C1O. The quantitative estimate of drug-likeness (QED) is 0.698. The largest absolute Gasteiger partial charge is 0.488 e. The summed E-state index contributed by atoms with van der Waals surface area (Å²) in [4.78, 5) is 1.73. The zero-order valence-corrected chi connectivity index (χ0v) is 10.5. The first kappa shape index (κ1) is 14.2. The van der Waals surface area contributed by atoms with Crippen molar-refractivity contribution in [1.82, 2.24) is 4.90 Å². The number of rotatable bonds is 5. The maximum Gasteiger partial charge on any atom is 0.165 e. The summed E-state index contributed by atoms with van der Waals surface area (Å²) in [6.45, 7) is 0.583. The summed E-state index contributed by atoms with van der Waals surface area (Å²) in [7, 11) is 0. The molecule has 0 aromatic heterocycles. The molecule has 0 aliphatic carbocycles.